The van der Waals surface area contributed by atoms with Gasteiger partial charge in [-0.05, 0) is 29.3 Å². The van der Waals surface area contributed by atoms with Crippen LogP contribution >= 0.6 is 0 Å². The minimum absolute atomic E-state index is 0.00131. The van der Waals surface area contributed by atoms with Crippen LogP contribution in [0.15, 0.2) is 40.4 Å². The van der Waals surface area contributed by atoms with Crippen LogP contribution in [0.1, 0.15) is 42.4 Å². The second-order valence-electron chi connectivity index (χ2n) is 11.0. The molecule has 0 bridgehead atoms. The number of anilines is 1. The normalized spacial score (nSPS) is 15.6. The molecule has 2 aliphatic rings. The number of nitrogens with two attached hydrogens (primary N) is 1. The van der Waals surface area contributed by atoms with Gasteiger partial charge >= 0.3 is 12.3 Å². The van der Waals surface area contributed by atoms with Crippen molar-refractivity contribution < 1.29 is 49.5 Å². The topological polar surface area (TPSA) is 152 Å². The number of benzene rings is 1. The van der Waals surface area contributed by atoms with Crippen molar-refractivity contribution in [3.63, 3.8) is 0 Å². The molecule has 232 valence electrons. The standard InChI is InChI=1S/C26H26F5N5O6S/c1-25(2,3)23(38)34-19-4-15(26(29,30)31)7-33-20(19)12-42-24(39)36-10-13-8-35(9-14(13)11-36)22(37)21-17(27)5-16(6-18(21)28)43(32,40)41/h4-7H,8-12H2,1-3H3,(H,34,38)(H2,32,40,41). The molecule has 0 fully saturated rings. The molecule has 0 spiro atoms. The van der Waals surface area contributed by atoms with Crippen molar-refractivity contribution in [2.24, 2.45) is 10.6 Å². The number of aromatic nitrogens is 1. The van der Waals surface area contributed by atoms with E-state index in [1.54, 1.807) is 20.8 Å². The first-order valence-electron chi connectivity index (χ1n) is 12.6. The van der Waals surface area contributed by atoms with Crippen LogP contribution in [0, 0.1) is 17.0 Å². The molecule has 3 amide bonds. The minimum Gasteiger partial charge on any atom is -0.443 e. The van der Waals surface area contributed by atoms with E-state index < -0.39 is 73.8 Å². The van der Waals surface area contributed by atoms with Crippen molar-refractivity contribution in [3.8, 4) is 0 Å². The van der Waals surface area contributed by atoms with Gasteiger partial charge in [0.2, 0.25) is 15.9 Å². The Hall–Kier alpha value is -4.12. The van der Waals surface area contributed by atoms with E-state index in [-0.39, 0.29) is 37.6 Å². The molecule has 0 radical (unpaired) electrons. The van der Waals surface area contributed by atoms with Crippen molar-refractivity contribution in [2.45, 2.75) is 38.4 Å². The molecule has 2 aliphatic heterocycles. The second-order valence-corrected chi connectivity index (χ2v) is 12.6. The predicted octanol–water partition coefficient (Wildman–Crippen LogP) is 3.42. The summed E-state index contributed by atoms with van der Waals surface area (Å²) in [5, 5.41) is 7.29. The summed E-state index contributed by atoms with van der Waals surface area (Å²) in [6.45, 7) is 3.99. The Kier molecular flexibility index (Phi) is 8.27. The summed E-state index contributed by atoms with van der Waals surface area (Å²) in [6, 6.07) is 1.60. The fourth-order valence-corrected chi connectivity index (χ4v) is 4.87. The maximum absolute atomic E-state index is 14.5. The van der Waals surface area contributed by atoms with Gasteiger partial charge < -0.3 is 19.9 Å². The molecule has 17 heteroatoms. The number of pyridine rings is 1. The number of sulfonamides is 1. The number of alkyl halides is 3. The second kappa shape index (κ2) is 11.2. The molecule has 3 heterocycles. The highest BCUT2D eigenvalue weighted by atomic mass is 32.2. The molecule has 0 saturated heterocycles. The van der Waals surface area contributed by atoms with Crippen LogP contribution in [-0.4, -0.2) is 67.3 Å². The highest BCUT2D eigenvalue weighted by Crippen LogP contribution is 2.33. The number of halogens is 5. The number of hydrogen-bond donors (Lipinski definition) is 2. The van der Waals surface area contributed by atoms with Crippen LogP contribution in [0.4, 0.5) is 32.4 Å². The Morgan fingerprint density at radius 3 is 2.00 bits per heavy atom. The zero-order chi connectivity index (χ0) is 32.1. The fourth-order valence-electron chi connectivity index (χ4n) is 4.33. The first-order valence-corrected chi connectivity index (χ1v) is 14.1. The van der Waals surface area contributed by atoms with Crippen molar-refractivity contribution >= 4 is 33.6 Å². The molecule has 0 saturated carbocycles. The number of primary sulfonamides is 1. The zero-order valence-electron chi connectivity index (χ0n) is 23.0. The Balaban J connectivity index is 1.39. The smallest absolute Gasteiger partial charge is 0.417 e. The van der Waals surface area contributed by atoms with E-state index in [1.807, 2.05) is 0 Å². The van der Waals surface area contributed by atoms with E-state index >= 15 is 0 Å². The maximum Gasteiger partial charge on any atom is 0.417 e. The van der Waals surface area contributed by atoms with E-state index in [0.29, 0.717) is 35.5 Å². The predicted molar refractivity (Wildman–Crippen MR) is 140 cm³/mol. The number of hydrogen-bond acceptors (Lipinski definition) is 7. The van der Waals surface area contributed by atoms with Crippen LogP contribution in [0.5, 0.6) is 0 Å². The lowest BCUT2D eigenvalue weighted by Gasteiger charge is -2.23. The third-order valence-corrected chi connectivity index (χ3v) is 7.58. The average molecular weight is 632 g/mol. The summed E-state index contributed by atoms with van der Waals surface area (Å²) in [5.74, 6) is -4.42. The lowest BCUT2D eigenvalue weighted by Crippen LogP contribution is -2.37. The highest BCUT2D eigenvalue weighted by Gasteiger charge is 2.37. The molecular weight excluding hydrogens is 605 g/mol. The van der Waals surface area contributed by atoms with Crippen molar-refractivity contribution in [1.29, 1.82) is 0 Å². The Morgan fingerprint density at radius 1 is 0.977 bits per heavy atom. The van der Waals surface area contributed by atoms with E-state index in [0.717, 1.165) is 4.90 Å². The Bertz CT molecular complexity index is 1610. The van der Waals surface area contributed by atoms with Gasteiger partial charge in [-0.3, -0.25) is 14.6 Å². The fraction of sp³-hybridized carbons (Fsp3) is 0.385. The molecule has 0 atom stereocenters. The van der Waals surface area contributed by atoms with Gasteiger partial charge in [0.05, 0.1) is 16.1 Å². The molecular formula is C26H26F5N5O6S. The first kappa shape index (κ1) is 31.8. The molecule has 0 unspecified atom stereocenters. The maximum atomic E-state index is 14.5. The highest BCUT2D eigenvalue weighted by molar-refractivity contribution is 7.89. The largest absolute Gasteiger partial charge is 0.443 e. The summed E-state index contributed by atoms with van der Waals surface area (Å²) in [7, 11) is -4.41. The van der Waals surface area contributed by atoms with Gasteiger partial charge in [0.1, 0.15) is 29.5 Å². The SMILES string of the molecule is CC(C)(C)C(=O)Nc1cc(C(F)(F)F)cnc1COC(=O)N1CC2=C(C1)CN(C(=O)c1c(F)cc(S(N)(=O)=O)cc1F)C2. The Labute approximate surface area is 242 Å². The minimum atomic E-state index is -4.73. The van der Waals surface area contributed by atoms with Gasteiger partial charge in [-0.2, -0.15) is 13.2 Å². The summed E-state index contributed by atoms with van der Waals surface area (Å²) in [6.07, 6.45) is -5.02. The Morgan fingerprint density at radius 2 is 1.51 bits per heavy atom. The van der Waals surface area contributed by atoms with Gasteiger partial charge in [-0.1, -0.05) is 20.8 Å². The molecule has 43 heavy (non-hydrogen) atoms. The lowest BCUT2D eigenvalue weighted by molar-refractivity contribution is -0.137. The average Bonchev–Trinajstić information content (AvgIpc) is 3.45. The number of nitrogens with one attached hydrogen (secondary N) is 1. The zero-order valence-corrected chi connectivity index (χ0v) is 23.8. The lowest BCUT2D eigenvalue weighted by atomic mass is 9.95. The van der Waals surface area contributed by atoms with E-state index in [9.17, 15) is 44.8 Å². The number of carbonyl (C=O) groups excluding carboxylic acids is 3. The van der Waals surface area contributed by atoms with Gasteiger partial charge in [-0.25, -0.2) is 27.1 Å². The number of rotatable bonds is 5. The van der Waals surface area contributed by atoms with Crippen LogP contribution in [0.3, 0.4) is 0 Å². The number of carbonyl (C=O) groups is 3. The van der Waals surface area contributed by atoms with E-state index in [2.05, 4.69) is 10.3 Å². The van der Waals surface area contributed by atoms with Crippen LogP contribution < -0.4 is 10.5 Å². The van der Waals surface area contributed by atoms with E-state index in [4.69, 9.17) is 9.88 Å². The molecule has 3 N–H and O–H groups in total. The molecule has 0 aliphatic carbocycles. The van der Waals surface area contributed by atoms with Crippen LogP contribution in [0.2, 0.25) is 0 Å². The summed E-state index contributed by atoms with van der Waals surface area (Å²) in [5.41, 5.74) is -2.17. The first-order chi connectivity index (χ1) is 19.8. The van der Waals surface area contributed by atoms with Crippen molar-refractivity contribution in [2.75, 3.05) is 31.5 Å². The number of nitrogens with zero attached hydrogens (tertiary/aromatic N) is 3. The molecule has 11 nitrogen and oxygen atoms in total. The molecule has 1 aromatic heterocycles. The summed E-state index contributed by atoms with van der Waals surface area (Å²) in [4.78, 5) is 43.3. The summed E-state index contributed by atoms with van der Waals surface area (Å²) >= 11 is 0. The van der Waals surface area contributed by atoms with Gasteiger partial charge in [-0.15, -0.1) is 0 Å². The van der Waals surface area contributed by atoms with Gasteiger partial charge in [0.15, 0.2) is 0 Å². The summed E-state index contributed by atoms with van der Waals surface area (Å²) < 4.78 is 96.7. The molecule has 1 aromatic carbocycles. The van der Waals surface area contributed by atoms with Crippen LogP contribution in [0.25, 0.3) is 0 Å². The third-order valence-electron chi connectivity index (χ3n) is 6.69. The number of ether oxygens (including phenoxy) is 1. The van der Waals surface area contributed by atoms with Gasteiger partial charge in [0.25, 0.3) is 5.91 Å². The third kappa shape index (κ3) is 6.93. The van der Waals surface area contributed by atoms with Crippen LogP contribution in [-0.2, 0) is 32.3 Å². The number of amides is 3. The monoisotopic (exact) mass is 631 g/mol. The van der Waals surface area contributed by atoms with E-state index in [1.165, 1.54) is 4.90 Å². The molecule has 2 aromatic rings. The van der Waals surface area contributed by atoms with Crippen molar-refractivity contribution in [1.82, 2.24) is 14.8 Å². The quantitative estimate of drug-likeness (QED) is 0.379. The van der Waals surface area contributed by atoms with Crippen molar-refractivity contribution in [3.05, 3.63) is 64.0 Å². The molecule has 4 rings (SSSR count). The van der Waals surface area contributed by atoms with Gasteiger partial charge in [0, 0.05) is 37.8 Å².